The van der Waals surface area contributed by atoms with Crippen LogP contribution in [-0.4, -0.2) is 16.5 Å². The predicted octanol–water partition coefficient (Wildman–Crippen LogP) is 6.10. The zero-order chi connectivity index (χ0) is 19.4. The van der Waals surface area contributed by atoms with E-state index in [0.29, 0.717) is 18.5 Å². The fourth-order valence-electron chi connectivity index (χ4n) is 4.36. The second-order valence-electron chi connectivity index (χ2n) is 8.32. The summed E-state index contributed by atoms with van der Waals surface area (Å²) < 4.78 is 2.13. The number of allylic oxidation sites excluding steroid dienone is 1. The molecule has 1 heterocycles. The van der Waals surface area contributed by atoms with Gasteiger partial charge in [0.2, 0.25) is 0 Å². The van der Waals surface area contributed by atoms with Crippen LogP contribution in [0.5, 0.6) is 0 Å². The maximum atomic E-state index is 13.2. The molecule has 0 saturated heterocycles. The number of fused-ring (bicyclic) bond motifs is 1. The van der Waals surface area contributed by atoms with E-state index in [1.54, 1.807) is 0 Å². The van der Waals surface area contributed by atoms with Gasteiger partial charge in [-0.05, 0) is 48.9 Å². The minimum atomic E-state index is 0.0715. The number of hydrogen-bond donors (Lipinski definition) is 1. The van der Waals surface area contributed by atoms with Crippen molar-refractivity contribution in [3.8, 4) is 0 Å². The standard InChI is InChI=1S/C24H34N2O/c1-5-15-26-22-14-13-19(17(2)3)16-21(22)18(4)23(26)24(27)25-20-11-9-7-6-8-10-12-20/h5,13-14,16-17,20H,1,6-12,15H2,2-4H3,(H,25,27). The lowest BCUT2D eigenvalue weighted by Crippen LogP contribution is -2.36. The monoisotopic (exact) mass is 366 g/mol. The van der Waals surface area contributed by atoms with Crippen molar-refractivity contribution in [1.82, 2.24) is 9.88 Å². The summed E-state index contributed by atoms with van der Waals surface area (Å²) in [5, 5.41) is 4.53. The minimum absolute atomic E-state index is 0.0715. The number of nitrogens with zero attached hydrogens (tertiary/aromatic N) is 1. The summed E-state index contributed by atoms with van der Waals surface area (Å²) in [4.78, 5) is 13.2. The third-order valence-corrected chi connectivity index (χ3v) is 5.97. The Morgan fingerprint density at radius 3 is 2.52 bits per heavy atom. The van der Waals surface area contributed by atoms with Gasteiger partial charge in [-0.2, -0.15) is 0 Å². The normalized spacial score (nSPS) is 16.3. The van der Waals surface area contributed by atoms with E-state index >= 15 is 0 Å². The van der Waals surface area contributed by atoms with E-state index in [1.807, 2.05) is 6.08 Å². The summed E-state index contributed by atoms with van der Waals surface area (Å²) in [6, 6.07) is 6.90. The van der Waals surface area contributed by atoms with E-state index in [1.165, 1.54) is 43.1 Å². The van der Waals surface area contributed by atoms with E-state index < -0.39 is 0 Å². The highest BCUT2D eigenvalue weighted by atomic mass is 16.2. The molecule has 1 aliphatic rings. The average Bonchev–Trinajstić information content (AvgIpc) is 2.89. The molecular formula is C24H34N2O. The first-order valence-corrected chi connectivity index (χ1v) is 10.6. The number of rotatable bonds is 5. The molecule has 1 N–H and O–H groups in total. The average molecular weight is 367 g/mol. The van der Waals surface area contributed by atoms with Crippen molar-refractivity contribution in [3.05, 3.63) is 47.7 Å². The molecule has 27 heavy (non-hydrogen) atoms. The summed E-state index contributed by atoms with van der Waals surface area (Å²) in [5.74, 6) is 0.547. The van der Waals surface area contributed by atoms with Gasteiger partial charge in [0.25, 0.3) is 5.91 Å². The topological polar surface area (TPSA) is 34.0 Å². The zero-order valence-electron chi connectivity index (χ0n) is 17.2. The molecular weight excluding hydrogens is 332 g/mol. The lowest BCUT2D eigenvalue weighted by atomic mass is 9.96. The van der Waals surface area contributed by atoms with Gasteiger partial charge < -0.3 is 9.88 Å². The number of aromatic nitrogens is 1. The van der Waals surface area contributed by atoms with Crippen molar-refractivity contribution in [2.75, 3.05) is 0 Å². The molecule has 0 aliphatic heterocycles. The summed E-state index contributed by atoms with van der Waals surface area (Å²) in [6.45, 7) is 11.1. The number of amides is 1. The number of carbonyl (C=O) groups excluding carboxylic acids is 1. The minimum Gasteiger partial charge on any atom is -0.348 e. The molecule has 1 aromatic heterocycles. The Hall–Kier alpha value is -2.03. The lowest BCUT2D eigenvalue weighted by Gasteiger charge is -2.21. The maximum absolute atomic E-state index is 13.2. The Balaban J connectivity index is 1.95. The maximum Gasteiger partial charge on any atom is 0.268 e. The van der Waals surface area contributed by atoms with Gasteiger partial charge in [0.1, 0.15) is 5.69 Å². The first kappa shape index (κ1) is 19.7. The van der Waals surface area contributed by atoms with Crippen molar-refractivity contribution in [2.45, 2.75) is 84.2 Å². The molecule has 2 aromatic rings. The van der Waals surface area contributed by atoms with E-state index in [0.717, 1.165) is 29.6 Å². The predicted molar refractivity (Wildman–Crippen MR) is 115 cm³/mol. The van der Waals surface area contributed by atoms with E-state index in [-0.39, 0.29) is 5.91 Å². The van der Waals surface area contributed by atoms with Crippen molar-refractivity contribution in [3.63, 3.8) is 0 Å². The van der Waals surface area contributed by atoms with Crippen molar-refractivity contribution >= 4 is 16.8 Å². The fourth-order valence-corrected chi connectivity index (χ4v) is 4.36. The summed E-state index contributed by atoms with van der Waals surface area (Å²) in [7, 11) is 0. The highest BCUT2D eigenvalue weighted by Gasteiger charge is 2.23. The number of aryl methyl sites for hydroxylation is 1. The quantitative estimate of drug-likeness (QED) is 0.637. The third kappa shape index (κ3) is 4.28. The first-order valence-electron chi connectivity index (χ1n) is 10.6. The molecule has 3 nitrogen and oxygen atoms in total. The largest absolute Gasteiger partial charge is 0.348 e. The SMILES string of the molecule is C=CCn1c(C(=O)NC2CCCCCCC2)c(C)c2cc(C(C)C)ccc21. The molecule has 146 valence electrons. The highest BCUT2D eigenvalue weighted by molar-refractivity contribution is 6.02. The molecule has 1 saturated carbocycles. The summed E-state index contributed by atoms with van der Waals surface area (Å²) >= 11 is 0. The molecule has 3 heteroatoms. The molecule has 0 atom stereocenters. The summed E-state index contributed by atoms with van der Waals surface area (Å²) in [5.41, 5.74) is 4.32. The third-order valence-electron chi connectivity index (χ3n) is 5.97. The van der Waals surface area contributed by atoms with Crippen molar-refractivity contribution in [1.29, 1.82) is 0 Å². The van der Waals surface area contributed by atoms with Gasteiger partial charge >= 0.3 is 0 Å². The van der Waals surface area contributed by atoms with Crippen LogP contribution in [-0.2, 0) is 6.54 Å². The van der Waals surface area contributed by atoms with Crippen molar-refractivity contribution in [2.24, 2.45) is 0 Å². The molecule has 1 aliphatic carbocycles. The molecule has 0 unspecified atom stereocenters. The molecule has 1 amide bonds. The van der Waals surface area contributed by atoms with Crippen LogP contribution in [0.25, 0.3) is 10.9 Å². The van der Waals surface area contributed by atoms with E-state index in [9.17, 15) is 4.79 Å². The fraction of sp³-hybridized carbons (Fsp3) is 0.542. The smallest absolute Gasteiger partial charge is 0.268 e. The highest BCUT2D eigenvalue weighted by Crippen LogP contribution is 2.29. The van der Waals surface area contributed by atoms with Crippen LogP contribution < -0.4 is 5.32 Å². The molecule has 1 fully saturated rings. The van der Waals surface area contributed by atoms with E-state index in [4.69, 9.17) is 0 Å². The van der Waals surface area contributed by atoms with Crippen LogP contribution >= 0.6 is 0 Å². The number of carbonyl (C=O) groups is 1. The Morgan fingerprint density at radius 1 is 1.22 bits per heavy atom. The number of hydrogen-bond acceptors (Lipinski definition) is 1. The lowest BCUT2D eigenvalue weighted by molar-refractivity contribution is 0.0921. The summed E-state index contributed by atoms with van der Waals surface area (Å²) in [6.07, 6.45) is 10.4. The van der Waals surface area contributed by atoms with Crippen LogP contribution in [0.4, 0.5) is 0 Å². The van der Waals surface area contributed by atoms with Crippen LogP contribution in [0, 0.1) is 6.92 Å². The van der Waals surface area contributed by atoms with Crippen molar-refractivity contribution < 1.29 is 4.79 Å². The number of nitrogens with one attached hydrogen (secondary N) is 1. The molecule has 0 radical (unpaired) electrons. The second kappa shape index (κ2) is 8.77. The molecule has 1 aromatic carbocycles. The van der Waals surface area contributed by atoms with Gasteiger partial charge in [0, 0.05) is 23.5 Å². The van der Waals surface area contributed by atoms with Gasteiger partial charge in [-0.15, -0.1) is 6.58 Å². The molecule has 3 rings (SSSR count). The molecule has 0 bridgehead atoms. The van der Waals surface area contributed by atoms with Gasteiger partial charge in [-0.3, -0.25) is 4.79 Å². The van der Waals surface area contributed by atoms with Gasteiger partial charge in [-0.1, -0.05) is 58.1 Å². The zero-order valence-corrected chi connectivity index (χ0v) is 17.2. The van der Waals surface area contributed by atoms with Gasteiger partial charge in [-0.25, -0.2) is 0 Å². The van der Waals surface area contributed by atoms with Crippen LogP contribution in [0.15, 0.2) is 30.9 Å². The van der Waals surface area contributed by atoms with E-state index in [2.05, 4.69) is 55.4 Å². The van der Waals surface area contributed by atoms with Gasteiger partial charge in [0.05, 0.1) is 0 Å². The second-order valence-corrected chi connectivity index (χ2v) is 8.32. The first-order chi connectivity index (χ1) is 13.0. The van der Waals surface area contributed by atoms with Crippen LogP contribution in [0.3, 0.4) is 0 Å². The van der Waals surface area contributed by atoms with Crippen LogP contribution in [0.2, 0.25) is 0 Å². The van der Waals surface area contributed by atoms with Gasteiger partial charge in [0.15, 0.2) is 0 Å². The Labute approximate surface area is 163 Å². The Kier molecular flexibility index (Phi) is 6.41. The Morgan fingerprint density at radius 2 is 1.89 bits per heavy atom. The van der Waals surface area contributed by atoms with Crippen LogP contribution in [0.1, 0.15) is 86.3 Å². The Bertz CT molecular complexity index is 807. The number of benzene rings is 1. The molecule has 0 spiro atoms.